The first kappa shape index (κ1) is 14.7. The Morgan fingerprint density at radius 1 is 1.28 bits per heavy atom. The second-order valence-corrected chi connectivity index (χ2v) is 7.86. The fourth-order valence-corrected chi connectivity index (χ4v) is 5.27. The third-order valence-corrected chi connectivity index (χ3v) is 6.35. The van der Waals surface area contributed by atoms with Crippen molar-refractivity contribution in [2.75, 3.05) is 12.3 Å². The molecule has 2 nitrogen and oxygen atoms in total. The van der Waals surface area contributed by atoms with Crippen LogP contribution < -0.4 is 5.73 Å². The van der Waals surface area contributed by atoms with E-state index in [4.69, 9.17) is 5.73 Å². The maximum Gasteiger partial charge on any atom is 0.0797 e. The predicted molar refractivity (Wildman–Crippen MR) is 79.8 cm³/mol. The zero-order valence-corrected chi connectivity index (χ0v) is 12.6. The molecule has 2 saturated carbocycles. The summed E-state index contributed by atoms with van der Waals surface area (Å²) >= 11 is 2.15. The highest BCUT2D eigenvalue weighted by molar-refractivity contribution is 7.99. The zero-order valence-electron chi connectivity index (χ0n) is 11.7. The van der Waals surface area contributed by atoms with Crippen LogP contribution in [0.1, 0.15) is 58.3 Å². The minimum absolute atomic E-state index is 0.447. The van der Waals surface area contributed by atoms with E-state index < -0.39 is 5.60 Å². The van der Waals surface area contributed by atoms with Crippen LogP contribution in [0.4, 0.5) is 0 Å². The summed E-state index contributed by atoms with van der Waals surface area (Å²) in [6.07, 6.45) is 10.0. The molecular formula is C15H29NOS. The van der Waals surface area contributed by atoms with Crippen LogP contribution in [0, 0.1) is 11.8 Å². The van der Waals surface area contributed by atoms with Crippen LogP contribution in [-0.4, -0.2) is 28.3 Å². The van der Waals surface area contributed by atoms with Crippen LogP contribution >= 0.6 is 11.8 Å². The first-order valence-electron chi connectivity index (χ1n) is 7.68. The standard InChI is InChI=1S/C15H29NOS/c1-12-4-2-6-14(10-12)18-9-7-13-5-3-8-15(13,17)11-16/h12-14,17H,2-11,16H2,1H3. The monoisotopic (exact) mass is 271 g/mol. The lowest BCUT2D eigenvalue weighted by Crippen LogP contribution is -2.41. The van der Waals surface area contributed by atoms with Crippen LogP contribution in [0.5, 0.6) is 0 Å². The molecule has 2 fully saturated rings. The van der Waals surface area contributed by atoms with E-state index in [0.29, 0.717) is 12.5 Å². The third kappa shape index (κ3) is 3.64. The van der Waals surface area contributed by atoms with Crippen molar-refractivity contribution < 1.29 is 5.11 Å². The van der Waals surface area contributed by atoms with Gasteiger partial charge in [-0.2, -0.15) is 11.8 Å². The van der Waals surface area contributed by atoms with Gasteiger partial charge in [-0.3, -0.25) is 0 Å². The van der Waals surface area contributed by atoms with Gasteiger partial charge in [-0.25, -0.2) is 0 Å². The summed E-state index contributed by atoms with van der Waals surface area (Å²) in [4.78, 5) is 0. The van der Waals surface area contributed by atoms with Gasteiger partial charge in [0, 0.05) is 11.8 Å². The van der Waals surface area contributed by atoms with Crippen LogP contribution in [-0.2, 0) is 0 Å². The van der Waals surface area contributed by atoms with E-state index in [1.807, 2.05) is 0 Å². The summed E-state index contributed by atoms with van der Waals surface area (Å²) in [5.74, 6) is 2.59. The summed E-state index contributed by atoms with van der Waals surface area (Å²) in [5.41, 5.74) is 5.19. The van der Waals surface area contributed by atoms with Crippen LogP contribution in [0.3, 0.4) is 0 Å². The number of rotatable bonds is 5. The Hall–Kier alpha value is 0.270. The SMILES string of the molecule is CC1CCCC(SCCC2CCCC2(O)CN)C1. The molecule has 0 aromatic carbocycles. The first-order valence-corrected chi connectivity index (χ1v) is 8.73. The molecule has 2 aliphatic rings. The van der Waals surface area contributed by atoms with Crippen molar-refractivity contribution in [1.29, 1.82) is 0 Å². The summed E-state index contributed by atoms with van der Waals surface area (Å²) < 4.78 is 0. The van der Waals surface area contributed by atoms with Crippen molar-refractivity contribution >= 4 is 11.8 Å². The number of aliphatic hydroxyl groups is 1. The molecule has 0 aromatic heterocycles. The third-order valence-electron chi connectivity index (χ3n) is 4.98. The highest BCUT2D eigenvalue weighted by Crippen LogP contribution is 2.39. The smallest absolute Gasteiger partial charge is 0.0797 e. The highest BCUT2D eigenvalue weighted by Gasteiger charge is 2.39. The minimum atomic E-state index is -0.541. The van der Waals surface area contributed by atoms with Gasteiger partial charge < -0.3 is 10.8 Å². The lowest BCUT2D eigenvalue weighted by molar-refractivity contribution is 0.0103. The molecule has 18 heavy (non-hydrogen) atoms. The number of hydrogen-bond donors (Lipinski definition) is 2. The molecule has 3 heteroatoms. The molecule has 0 aromatic rings. The van der Waals surface area contributed by atoms with Crippen molar-refractivity contribution in [3.05, 3.63) is 0 Å². The van der Waals surface area contributed by atoms with E-state index in [0.717, 1.165) is 30.4 Å². The second-order valence-electron chi connectivity index (χ2n) is 6.45. The predicted octanol–water partition coefficient (Wildman–Crippen LogP) is 3.18. The fraction of sp³-hybridized carbons (Fsp3) is 1.00. The highest BCUT2D eigenvalue weighted by atomic mass is 32.2. The molecule has 4 unspecified atom stereocenters. The Morgan fingerprint density at radius 3 is 2.83 bits per heavy atom. The molecule has 0 saturated heterocycles. The summed E-state index contributed by atoms with van der Waals surface area (Å²) in [5, 5.41) is 11.3. The van der Waals surface area contributed by atoms with Gasteiger partial charge in [-0.15, -0.1) is 0 Å². The van der Waals surface area contributed by atoms with Crippen LogP contribution in [0.2, 0.25) is 0 Å². The maximum atomic E-state index is 10.4. The Bertz CT molecular complexity index is 261. The minimum Gasteiger partial charge on any atom is -0.388 e. The van der Waals surface area contributed by atoms with Gasteiger partial charge in [0.1, 0.15) is 0 Å². The molecule has 4 atom stereocenters. The normalized spacial score (nSPS) is 41.2. The van der Waals surface area contributed by atoms with Crippen molar-refractivity contribution in [2.24, 2.45) is 17.6 Å². The zero-order chi connectivity index (χ0) is 13.0. The first-order chi connectivity index (χ1) is 8.64. The van der Waals surface area contributed by atoms with Crippen molar-refractivity contribution in [2.45, 2.75) is 69.1 Å². The van der Waals surface area contributed by atoms with E-state index in [1.54, 1.807) is 0 Å². The van der Waals surface area contributed by atoms with Crippen molar-refractivity contribution in [3.8, 4) is 0 Å². The molecule has 0 radical (unpaired) electrons. The molecule has 0 bridgehead atoms. The van der Waals surface area contributed by atoms with Crippen molar-refractivity contribution in [3.63, 3.8) is 0 Å². The molecule has 0 amide bonds. The van der Waals surface area contributed by atoms with Gasteiger partial charge in [0.15, 0.2) is 0 Å². The topological polar surface area (TPSA) is 46.2 Å². The van der Waals surface area contributed by atoms with Gasteiger partial charge in [0.25, 0.3) is 0 Å². The van der Waals surface area contributed by atoms with Gasteiger partial charge in [-0.1, -0.05) is 26.2 Å². The molecule has 2 aliphatic carbocycles. The molecular weight excluding hydrogens is 242 g/mol. The Balaban J connectivity index is 1.68. The molecule has 3 N–H and O–H groups in total. The number of thioether (sulfide) groups is 1. The van der Waals surface area contributed by atoms with Crippen LogP contribution in [0.25, 0.3) is 0 Å². The largest absolute Gasteiger partial charge is 0.388 e. The number of nitrogens with two attached hydrogens (primary N) is 1. The van der Waals surface area contributed by atoms with Gasteiger partial charge in [-0.05, 0) is 49.7 Å². The van der Waals surface area contributed by atoms with Crippen molar-refractivity contribution in [1.82, 2.24) is 0 Å². The summed E-state index contributed by atoms with van der Waals surface area (Å²) in [7, 11) is 0. The van der Waals surface area contributed by atoms with Gasteiger partial charge in [0.2, 0.25) is 0 Å². The van der Waals surface area contributed by atoms with E-state index in [1.165, 1.54) is 37.9 Å². The molecule has 0 aliphatic heterocycles. The summed E-state index contributed by atoms with van der Waals surface area (Å²) in [6.45, 7) is 2.83. The molecule has 2 rings (SSSR count). The van der Waals surface area contributed by atoms with E-state index in [-0.39, 0.29) is 0 Å². The average molecular weight is 271 g/mol. The maximum absolute atomic E-state index is 10.4. The average Bonchev–Trinajstić information content (AvgIpc) is 2.72. The Kier molecular flexibility index (Phi) is 5.40. The Morgan fingerprint density at radius 2 is 2.11 bits per heavy atom. The second kappa shape index (κ2) is 6.62. The fourth-order valence-electron chi connectivity index (χ4n) is 3.72. The van der Waals surface area contributed by atoms with Gasteiger partial charge in [0.05, 0.1) is 5.60 Å². The molecule has 106 valence electrons. The van der Waals surface area contributed by atoms with E-state index >= 15 is 0 Å². The number of hydrogen-bond acceptors (Lipinski definition) is 3. The summed E-state index contributed by atoms with van der Waals surface area (Å²) in [6, 6.07) is 0. The van der Waals surface area contributed by atoms with E-state index in [2.05, 4.69) is 18.7 Å². The molecule has 0 heterocycles. The lowest BCUT2D eigenvalue weighted by Gasteiger charge is -2.30. The van der Waals surface area contributed by atoms with E-state index in [9.17, 15) is 5.11 Å². The molecule has 0 spiro atoms. The Labute approximate surface area is 116 Å². The van der Waals surface area contributed by atoms with Crippen LogP contribution in [0.15, 0.2) is 0 Å². The quantitative estimate of drug-likeness (QED) is 0.807. The van der Waals surface area contributed by atoms with Gasteiger partial charge >= 0.3 is 0 Å². The lowest BCUT2D eigenvalue weighted by atomic mass is 9.89.